The monoisotopic (exact) mass is 408 g/mol. The topological polar surface area (TPSA) is 91.5 Å². The standard InChI is InChI=1S/C23H25FN4O2/c1-4-22(30)26-13-15-6-8-19(27-23(15)25)17-12-16(7-10-21(17)29)28(3)20-9-5-14(2)11-18(20)24/h5-12,29H,4,13H2,1-3H3,(H2,25,27)(H,26,30). The lowest BCUT2D eigenvalue weighted by Crippen LogP contribution is -2.22. The molecule has 0 spiro atoms. The zero-order valence-corrected chi connectivity index (χ0v) is 17.2. The number of carbonyl (C=O) groups excluding carboxylic acids is 1. The smallest absolute Gasteiger partial charge is 0.219 e. The number of nitrogens with two attached hydrogens (primary N) is 1. The molecule has 1 amide bonds. The molecule has 0 aliphatic heterocycles. The van der Waals surface area contributed by atoms with Gasteiger partial charge in [0, 0.05) is 36.8 Å². The number of aromatic hydroxyl groups is 1. The van der Waals surface area contributed by atoms with Gasteiger partial charge in [0.1, 0.15) is 17.4 Å². The molecule has 0 saturated carbocycles. The Bertz CT molecular complexity index is 1080. The quantitative estimate of drug-likeness (QED) is 0.566. The van der Waals surface area contributed by atoms with Crippen molar-refractivity contribution in [3.05, 3.63) is 65.5 Å². The molecule has 1 aromatic heterocycles. The molecule has 7 heteroatoms. The number of rotatable bonds is 6. The van der Waals surface area contributed by atoms with Crippen LogP contribution >= 0.6 is 0 Å². The molecule has 4 N–H and O–H groups in total. The van der Waals surface area contributed by atoms with Crippen LogP contribution in [0.5, 0.6) is 5.75 Å². The zero-order chi connectivity index (χ0) is 21.8. The maximum atomic E-state index is 14.4. The maximum absolute atomic E-state index is 14.4. The number of nitrogen functional groups attached to an aromatic ring is 1. The van der Waals surface area contributed by atoms with Gasteiger partial charge in [0.2, 0.25) is 5.91 Å². The van der Waals surface area contributed by atoms with Gasteiger partial charge in [0.15, 0.2) is 0 Å². The SMILES string of the molecule is CCC(=O)NCc1ccc(-c2cc(N(C)c3ccc(C)cc3F)ccc2O)nc1N. The molecule has 0 bridgehead atoms. The zero-order valence-electron chi connectivity index (χ0n) is 17.2. The highest BCUT2D eigenvalue weighted by molar-refractivity contribution is 5.77. The van der Waals surface area contributed by atoms with Crippen molar-refractivity contribution < 1.29 is 14.3 Å². The fourth-order valence-electron chi connectivity index (χ4n) is 3.08. The molecule has 1 heterocycles. The van der Waals surface area contributed by atoms with Gasteiger partial charge in [-0.15, -0.1) is 0 Å². The van der Waals surface area contributed by atoms with Gasteiger partial charge in [-0.2, -0.15) is 0 Å². The van der Waals surface area contributed by atoms with Crippen molar-refractivity contribution in [2.75, 3.05) is 17.7 Å². The molecular weight excluding hydrogens is 383 g/mol. The summed E-state index contributed by atoms with van der Waals surface area (Å²) in [6.45, 7) is 3.89. The largest absolute Gasteiger partial charge is 0.507 e. The molecule has 156 valence electrons. The normalized spacial score (nSPS) is 10.7. The lowest BCUT2D eigenvalue weighted by molar-refractivity contribution is -0.120. The Labute approximate surface area is 175 Å². The van der Waals surface area contributed by atoms with Gasteiger partial charge in [0.25, 0.3) is 0 Å². The van der Waals surface area contributed by atoms with Gasteiger partial charge in [-0.1, -0.05) is 19.1 Å². The second-order valence-electron chi connectivity index (χ2n) is 7.09. The molecule has 3 aromatic rings. The first-order chi connectivity index (χ1) is 14.3. The number of benzene rings is 2. The number of nitrogens with zero attached hydrogens (tertiary/aromatic N) is 2. The number of nitrogens with one attached hydrogen (secondary N) is 1. The molecule has 3 rings (SSSR count). The average molecular weight is 408 g/mol. The van der Waals surface area contributed by atoms with E-state index in [2.05, 4.69) is 10.3 Å². The Morgan fingerprint density at radius 2 is 1.97 bits per heavy atom. The van der Waals surface area contributed by atoms with Crippen LogP contribution in [-0.2, 0) is 11.3 Å². The van der Waals surface area contributed by atoms with Crippen molar-refractivity contribution in [2.45, 2.75) is 26.8 Å². The average Bonchev–Trinajstić information content (AvgIpc) is 2.72. The Morgan fingerprint density at radius 1 is 1.20 bits per heavy atom. The Kier molecular flexibility index (Phi) is 6.20. The summed E-state index contributed by atoms with van der Waals surface area (Å²) >= 11 is 0. The lowest BCUT2D eigenvalue weighted by Gasteiger charge is -2.21. The third-order valence-corrected chi connectivity index (χ3v) is 4.92. The first-order valence-electron chi connectivity index (χ1n) is 9.65. The summed E-state index contributed by atoms with van der Waals surface area (Å²) in [4.78, 5) is 17.5. The number of carbonyl (C=O) groups is 1. The van der Waals surface area contributed by atoms with E-state index in [0.717, 1.165) is 5.56 Å². The van der Waals surface area contributed by atoms with Crippen molar-refractivity contribution in [3.63, 3.8) is 0 Å². The summed E-state index contributed by atoms with van der Waals surface area (Å²) in [5, 5.41) is 13.1. The molecule has 6 nitrogen and oxygen atoms in total. The second kappa shape index (κ2) is 8.82. The van der Waals surface area contributed by atoms with Crippen LogP contribution in [0.15, 0.2) is 48.5 Å². The van der Waals surface area contributed by atoms with Gasteiger partial charge >= 0.3 is 0 Å². The van der Waals surface area contributed by atoms with E-state index in [1.54, 1.807) is 55.3 Å². The molecule has 0 fully saturated rings. The highest BCUT2D eigenvalue weighted by Crippen LogP contribution is 2.35. The number of aromatic nitrogens is 1. The number of halogens is 1. The van der Waals surface area contributed by atoms with Crippen molar-refractivity contribution in [1.29, 1.82) is 0 Å². The minimum absolute atomic E-state index is 0.0375. The summed E-state index contributed by atoms with van der Waals surface area (Å²) in [5.41, 5.74) is 9.65. The van der Waals surface area contributed by atoms with Crippen LogP contribution in [0, 0.1) is 12.7 Å². The van der Waals surface area contributed by atoms with Crippen LogP contribution in [0.3, 0.4) is 0 Å². The van der Waals surface area contributed by atoms with Crippen LogP contribution in [-0.4, -0.2) is 23.0 Å². The van der Waals surface area contributed by atoms with E-state index in [9.17, 15) is 14.3 Å². The summed E-state index contributed by atoms with van der Waals surface area (Å²) in [6, 6.07) is 13.5. The molecule has 0 saturated heterocycles. The van der Waals surface area contributed by atoms with E-state index in [0.29, 0.717) is 34.6 Å². The van der Waals surface area contributed by atoms with E-state index in [4.69, 9.17) is 5.73 Å². The van der Waals surface area contributed by atoms with Crippen LogP contribution in [0.2, 0.25) is 0 Å². The lowest BCUT2D eigenvalue weighted by atomic mass is 10.1. The molecule has 2 aromatic carbocycles. The van der Waals surface area contributed by atoms with Crippen LogP contribution in [0.1, 0.15) is 24.5 Å². The number of phenols is 1. The minimum atomic E-state index is -0.326. The van der Waals surface area contributed by atoms with Gasteiger partial charge in [-0.25, -0.2) is 9.37 Å². The third-order valence-electron chi connectivity index (χ3n) is 4.92. The highest BCUT2D eigenvalue weighted by Gasteiger charge is 2.14. The Morgan fingerprint density at radius 3 is 2.63 bits per heavy atom. The highest BCUT2D eigenvalue weighted by atomic mass is 19.1. The number of anilines is 3. The fraction of sp³-hybridized carbons (Fsp3) is 0.217. The van der Waals surface area contributed by atoms with Crippen molar-refractivity contribution in [3.8, 4) is 17.0 Å². The maximum Gasteiger partial charge on any atom is 0.219 e. The van der Waals surface area contributed by atoms with Gasteiger partial charge in [-0.3, -0.25) is 4.79 Å². The van der Waals surface area contributed by atoms with Crippen LogP contribution < -0.4 is 16.0 Å². The molecule has 0 atom stereocenters. The Hall–Kier alpha value is -3.61. The van der Waals surface area contributed by atoms with Crippen molar-refractivity contribution in [1.82, 2.24) is 10.3 Å². The first-order valence-corrected chi connectivity index (χ1v) is 9.65. The first kappa shape index (κ1) is 21.1. The molecule has 0 radical (unpaired) electrons. The van der Waals surface area contributed by atoms with E-state index >= 15 is 0 Å². The van der Waals surface area contributed by atoms with E-state index in [1.807, 2.05) is 13.0 Å². The molecule has 0 unspecified atom stereocenters. The second-order valence-corrected chi connectivity index (χ2v) is 7.09. The molecule has 30 heavy (non-hydrogen) atoms. The fourth-order valence-corrected chi connectivity index (χ4v) is 3.08. The Balaban J connectivity index is 1.91. The summed E-state index contributed by atoms with van der Waals surface area (Å²) in [6.07, 6.45) is 0.390. The van der Waals surface area contributed by atoms with E-state index < -0.39 is 0 Å². The number of hydrogen-bond donors (Lipinski definition) is 3. The van der Waals surface area contributed by atoms with Gasteiger partial charge < -0.3 is 21.1 Å². The van der Waals surface area contributed by atoms with Crippen molar-refractivity contribution in [2.24, 2.45) is 0 Å². The van der Waals surface area contributed by atoms with Gasteiger partial charge in [-0.05, 0) is 48.9 Å². The predicted octanol–water partition coefficient (Wildman–Crippen LogP) is 4.28. The third kappa shape index (κ3) is 4.51. The minimum Gasteiger partial charge on any atom is -0.507 e. The number of amides is 1. The van der Waals surface area contributed by atoms with E-state index in [1.165, 1.54) is 6.07 Å². The molecule has 0 aliphatic rings. The van der Waals surface area contributed by atoms with Crippen LogP contribution in [0.25, 0.3) is 11.3 Å². The summed E-state index contributed by atoms with van der Waals surface area (Å²) < 4.78 is 14.4. The number of hydrogen-bond acceptors (Lipinski definition) is 5. The van der Waals surface area contributed by atoms with Crippen molar-refractivity contribution >= 4 is 23.1 Å². The number of aryl methyl sites for hydroxylation is 1. The predicted molar refractivity (Wildman–Crippen MR) is 117 cm³/mol. The summed E-state index contributed by atoms with van der Waals surface area (Å²) in [7, 11) is 1.76. The summed E-state index contributed by atoms with van der Waals surface area (Å²) in [5.74, 6) is -0.0923. The molecular formula is C23H25FN4O2. The van der Waals surface area contributed by atoms with Gasteiger partial charge in [0.05, 0.1) is 11.4 Å². The molecule has 0 aliphatic carbocycles. The number of phenolic OH excluding ortho intramolecular Hbond substituents is 1. The van der Waals surface area contributed by atoms with E-state index in [-0.39, 0.29) is 29.8 Å². The number of pyridine rings is 1. The van der Waals surface area contributed by atoms with Crippen LogP contribution in [0.4, 0.5) is 21.6 Å².